The second-order valence-electron chi connectivity index (χ2n) is 4.58. The van der Waals surface area contributed by atoms with Crippen molar-refractivity contribution in [3.05, 3.63) is 58.8 Å². The van der Waals surface area contributed by atoms with E-state index in [0.29, 0.717) is 12.1 Å². The van der Waals surface area contributed by atoms with Gasteiger partial charge in [0.25, 0.3) is 5.91 Å². The van der Waals surface area contributed by atoms with Crippen LogP contribution in [-0.2, 0) is 9.63 Å². The van der Waals surface area contributed by atoms with Gasteiger partial charge in [-0.05, 0) is 24.3 Å². The minimum Gasteiger partial charge on any atom is -0.382 e. The third kappa shape index (κ3) is 3.28. The van der Waals surface area contributed by atoms with Crippen molar-refractivity contribution in [3.8, 4) is 0 Å². The van der Waals surface area contributed by atoms with Gasteiger partial charge in [0.15, 0.2) is 0 Å². The Kier molecular flexibility index (Phi) is 3.96. The van der Waals surface area contributed by atoms with Crippen molar-refractivity contribution in [2.45, 2.75) is 12.5 Å². The van der Waals surface area contributed by atoms with Gasteiger partial charge < -0.3 is 10.2 Å². The molecule has 0 radical (unpaired) electrons. The minimum atomic E-state index is -0.612. The molecular formula is C15H12BrN3O2. The fourth-order valence-corrected chi connectivity index (χ4v) is 2.42. The molecule has 1 aromatic carbocycles. The summed E-state index contributed by atoms with van der Waals surface area (Å²) < 4.78 is 0.964. The van der Waals surface area contributed by atoms with Crippen LogP contribution in [-0.4, -0.2) is 22.7 Å². The topological polar surface area (TPSA) is 63.6 Å². The summed E-state index contributed by atoms with van der Waals surface area (Å²) in [6.07, 6.45) is 3.07. The lowest BCUT2D eigenvalue weighted by Crippen LogP contribution is -2.28. The molecule has 0 aliphatic carbocycles. The van der Waals surface area contributed by atoms with Crippen molar-refractivity contribution < 1.29 is 9.63 Å². The van der Waals surface area contributed by atoms with Crippen LogP contribution in [0, 0.1) is 0 Å². The van der Waals surface area contributed by atoms with Crippen LogP contribution in [0.5, 0.6) is 0 Å². The average Bonchev–Trinajstić information content (AvgIpc) is 2.98. The number of carbonyl (C=O) groups is 1. The lowest BCUT2D eigenvalue weighted by molar-refractivity contribution is -0.125. The van der Waals surface area contributed by atoms with Crippen molar-refractivity contribution in [1.29, 1.82) is 0 Å². The molecule has 0 saturated carbocycles. The molecule has 5 nitrogen and oxygen atoms in total. The summed E-state index contributed by atoms with van der Waals surface area (Å²) in [5, 5.41) is 6.77. The molecule has 0 unspecified atom stereocenters. The van der Waals surface area contributed by atoms with Crippen molar-refractivity contribution in [2.24, 2.45) is 5.16 Å². The number of rotatable bonds is 3. The summed E-state index contributed by atoms with van der Waals surface area (Å²) in [6, 6.07) is 11.3. The maximum Gasteiger partial charge on any atom is 0.268 e. The number of hydrogen-bond donors (Lipinski definition) is 1. The predicted molar refractivity (Wildman–Crippen MR) is 83.0 cm³/mol. The molecule has 1 aromatic heterocycles. The molecule has 6 heteroatoms. The number of oxime groups is 1. The lowest BCUT2D eigenvalue weighted by atomic mass is 10.0. The van der Waals surface area contributed by atoms with Gasteiger partial charge >= 0.3 is 0 Å². The number of nitrogens with one attached hydrogen (secondary N) is 1. The first-order valence-corrected chi connectivity index (χ1v) is 7.21. The number of nitrogens with zero attached hydrogens (tertiary/aromatic N) is 2. The van der Waals surface area contributed by atoms with E-state index >= 15 is 0 Å². The van der Waals surface area contributed by atoms with Crippen molar-refractivity contribution in [2.75, 3.05) is 5.32 Å². The van der Waals surface area contributed by atoms with Crippen LogP contribution in [0.25, 0.3) is 0 Å². The molecule has 1 aliphatic heterocycles. The maximum absolute atomic E-state index is 12.1. The number of aromatic nitrogens is 1. The Morgan fingerprint density at radius 3 is 3.00 bits per heavy atom. The van der Waals surface area contributed by atoms with E-state index in [9.17, 15) is 4.79 Å². The Hall–Kier alpha value is -2.21. The van der Waals surface area contributed by atoms with Gasteiger partial charge in [0.1, 0.15) is 0 Å². The second kappa shape index (κ2) is 6.05. The highest BCUT2D eigenvalue weighted by Gasteiger charge is 2.29. The molecule has 0 saturated heterocycles. The predicted octanol–water partition coefficient (Wildman–Crippen LogP) is 2.98. The van der Waals surface area contributed by atoms with Crippen LogP contribution < -0.4 is 5.32 Å². The van der Waals surface area contributed by atoms with Crippen LogP contribution >= 0.6 is 15.9 Å². The molecule has 106 valence electrons. The smallest absolute Gasteiger partial charge is 0.268 e. The first-order chi connectivity index (χ1) is 10.2. The molecule has 2 aromatic rings. The highest BCUT2D eigenvalue weighted by atomic mass is 79.9. The molecule has 1 atom stereocenters. The second-order valence-corrected chi connectivity index (χ2v) is 5.49. The van der Waals surface area contributed by atoms with Gasteiger partial charge in [0, 0.05) is 22.7 Å². The van der Waals surface area contributed by atoms with Crippen molar-refractivity contribution >= 4 is 33.2 Å². The van der Waals surface area contributed by atoms with Crippen LogP contribution in [0.2, 0.25) is 0 Å². The van der Waals surface area contributed by atoms with E-state index in [1.54, 1.807) is 24.5 Å². The standard InChI is InChI=1S/C15H12BrN3O2/c16-11-4-1-3-10(7-11)13-8-14(21-19-13)15(20)18-12-5-2-6-17-9-12/h1-7,9,14H,8H2,(H,18,20)/t14-/m1/s1. The summed E-state index contributed by atoms with van der Waals surface area (Å²) in [6.45, 7) is 0. The molecule has 21 heavy (non-hydrogen) atoms. The third-order valence-corrected chi connectivity index (χ3v) is 3.54. The van der Waals surface area contributed by atoms with Gasteiger partial charge in [-0.15, -0.1) is 0 Å². The zero-order valence-electron chi connectivity index (χ0n) is 11.0. The van der Waals surface area contributed by atoms with E-state index in [-0.39, 0.29) is 5.91 Å². The maximum atomic E-state index is 12.1. The first-order valence-electron chi connectivity index (χ1n) is 6.42. The zero-order valence-corrected chi connectivity index (χ0v) is 12.6. The normalized spacial score (nSPS) is 17.0. The number of anilines is 1. The Labute approximate surface area is 130 Å². The summed E-state index contributed by atoms with van der Waals surface area (Å²) in [7, 11) is 0. The van der Waals surface area contributed by atoms with E-state index < -0.39 is 6.10 Å². The number of benzene rings is 1. The summed E-state index contributed by atoms with van der Waals surface area (Å²) in [5.41, 5.74) is 2.35. The quantitative estimate of drug-likeness (QED) is 0.929. The van der Waals surface area contributed by atoms with Crippen molar-refractivity contribution in [1.82, 2.24) is 4.98 Å². The fraction of sp³-hybridized carbons (Fsp3) is 0.133. The monoisotopic (exact) mass is 345 g/mol. The Morgan fingerprint density at radius 2 is 2.24 bits per heavy atom. The Bertz CT molecular complexity index is 688. The van der Waals surface area contributed by atoms with E-state index in [1.165, 1.54) is 0 Å². The van der Waals surface area contributed by atoms with Crippen molar-refractivity contribution in [3.63, 3.8) is 0 Å². The largest absolute Gasteiger partial charge is 0.382 e. The first kappa shape index (κ1) is 13.8. The van der Waals surface area contributed by atoms with E-state index in [2.05, 4.69) is 31.4 Å². The van der Waals surface area contributed by atoms with Crippen LogP contribution in [0.3, 0.4) is 0 Å². The lowest BCUT2D eigenvalue weighted by Gasteiger charge is -2.08. The molecule has 0 fully saturated rings. The third-order valence-electron chi connectivity index (χ3n) is 3.05. The van der Waals surface area contributed by atoms with Crippen LogP contribution in [0.4, 0.5) is 5.69 Å². The molecule has 1 amide bonds. The Balaban J connectivity index is 1.65. The number of halogens is 1. The zero-order chi connectivity index (χ0) is 14.7. The van der Waals surface area contributed by atoms with Crippen LogP contribution in [0.1, 0.15) is 12.0 Å². The number of carbonyl (C=O) groups excluding carboxylic acids is 1. The van der Waals surface area contributed by atoms with Gasteiger partial charge in [-0.2, -0.15) is 0 Å². The number of hydrogen-bond acceptors (Lipinski definition) is 4. The number of pyridine rings is 1. The molecular weight excluding hydrogens is 334 g/mol. The van der Waals surface area contributed by atoms with Gasteiger partial charge in [-0.25, -0.2) is 0 Å². The fourth-order valence-electron chi connectivity index (χ4n) is 2.02. The molecule has 1 aliphatic rings. The molecule has 0 bridgehead atoms. The SMILES string of the molecule is O=C(Nc1cccnc1)[C@H]1CC(c2cccc(Br)c2)=NO1. The molecule has 1 N–H and O–H groups in total. The summed E-state index contributed by atoms with van der Waals surface area (Å²) in [4.78, 5) is 21.3. The van der Waals surface area contributed by atoms with Gasteiger partial charge in [-0.3, -0.25) is 9.78 Å². The minimum absolute atomic E-state index is 0.225. The average molecular weight is 346 g/mol. The highest BCUT2D eigenvalue weighted by molar-refractivity contribution is 9.10. The summed E-state index contributed by atoms with van der Waals surface area (Å²) >= 11 is 3.42. The van der Waals surface area contributed by atoms with E-state index in [1.807, 2.05) is 24.3 Å². The van der Waals surface area contributed by atoms with E-state index in [0.717, 1.165) is 15.7 Å². The molecule has 0 spiro atoms. The van der Waals surface area contributed by atoms with E-state index in [4.69, 9.17) is 4.84 Å². The van der Waals surface area contributed by atoms with Gasteiger partial charge in [0.2, 0.25) is 6.10 Å². The molecule has 3 rings (SSSR count). The van der Waals surface area contributed by atoms with Gasteiger partial charge in [-0.1, -0.05) is 33.2 Å². The summed E-state index contributed by atoms with van der Waals surface area (Å²) in [5.74, 6) is -0.225. The van der Waals surface area contributed by atoms with Gasteiger partial charge in [0.05, 0.1) is 17.6 Å². The van der Waals surface area contributed by atoms with Crippen LogP contribution in [0.15, 0.2) is 58.4 Å². The highest BCUT2D eigenvalue weighted by Crippen LogP contribution is 2.20. The molecule has 2 heterocycles. The Morgan fingerprint density at radius 1 is 1.33 bits per heavy atom. The number of amides is 1.